The van der Waals surface area contributed by atoms with Crippen molar-refractivity contribution in [1.29, 1.82) is 0 Å². The van der Waals surface area contributed by atoms with Crippen LogP contribution in [-0.4, -0.2) is 67.9 Å². The molecule has 2 aliphatic rings. The second-order valence-electron chi connectivity index (χ2n) is 14.6. The van der Waals surface area contributed by atoms with E-state index in [0.29, 0.717) is 58.1 Å². The maximum absolute atomic E-state index is 14.0. The number of carboxylic acids is 2. The minimum absolute atomic E-state index is 0.236. The number of rotatable bonds is 9. The number of pyridine rings is 1. The van der Waals surface area contributed by atoms with Gasteiger partial charge in [-0.15, -0.1) is 0 Å². The summed E-state index contributed by atoms with van der Waals surface area (Å²) in [5.41, 5.74) is 4.71. The van der Waals surface area contributed by atoms with Crippen molar-refractivity contribution >= 4 is 47.0 Å². The fourth-order valence-corrected chi connectivity index (χ4v) is 8.62. The lowest BCUT2D eigenvalue weighted by Crippen LogP contribution is -2.42. The summed E-state index contributed by atoms with van der Waals surface area (Å²) in [5, 5.41) is 20.4. The number of para-hydroxylation sites is 1. The Morgan fingerprint density at radius 3 is 1.57 bits per heavy atom. The number of halogens is 3. The third-order valence-electron chi connectivity index (χ3n) is 11.0. The number of nitrogens with zero attached hydrogens (tertiary/aromatic N) is 3. The van der Waals surface area contributed by atoms with Crippen LogP contribution in [0.4, 0.5) is 4.39 Å². The molecule has 5 aromatic carbocycles. The largest absolute Gasteiger partial charge is 0.496 e. The van der Waals surface area contributed by atoms with Crippen molar-refractivity contribution < 1.29 is 38.5 Å². The van der Waals surface area contributed by atoms with Crippen molar-refractivity contribution in [3.8, 4) is 28.1 Å². The highest BCUT2D eigenvalue weighted by atomic mass is 35.5. The number of hydrogen-bond acceptors (Lipinski definition) is 6. The molecule has 61 heavy (non-hydrogen) atoms. The number of ether oxygens (including phenoxy) is 1. The van der Waals surface area contributed by atoms with Crippen molar-refractivity contribution in [2.24, 2.45) is 0 Å². The van der Waals surface area contributed by atoms with Gasteiger partial charge in [0.1, 0.15) is 23.7 Å². The van der Waals surface area contributed by atoms with Crippen molar-refractivity contribution in [3.05, 3.63) is 178 Å². The summed E-state index contributed by atoms with van der Waals surface area (Å²) in [6.45, 7) is 0. The van der Waals surface area contributed by atoms with Crippen molar-refractivity contribution in [2.45, 2.75) is 49.9 Å². The summed E-state index contributed by atoms with van der Waals surface area (Å²) in [4.78, 5) is 57.4. The van der Waals surface area contributed by atoms with Gasteiger partial charge in [0, 0.05) is 32.9 Å². The van der Waals surface area contributed by atoms with Gasteiger partial charge in [-0.3, -0.25) is 14.6 Å². The molecule has 6 aromatic rings. The Labute approximate surface area is 361 Å². The van der Waals surface area contributed by atoms with Gasteiger partial charge in [-0.05, 0) is 97.0 Å². The second-order valence-corrected chi connectivity index (χ2v) is 15.4. The number of benzene rings is 5. The van der Waals surface area contributed by atoms with Crippen LogP contribution in [0.25, 0.3) is 22.4 Å². The van der Waals surface area contributed by atoms with Crippen molar-refractivity contribution in [2.75, 3.05) is 7.11 Å². The Bertz CT molecular complexity index is 2570. The Balaban J connectivity index is 0.000000184. The third kappa shape index (κ3) is 8.99. The molecule has 10 nitrogen and oxygen atoms in total. The summed E-state index contributed by atoms with van der Waals surface area (Å²) >= 11 is 12.7. The molecule has 13 heteroatoms. The fourth-order valence-electron chi connectivity index (χ4n) is 8.10. The average Bonchev–Trinajstić information content (AvgIpc) is 3.93. The number of carboxylic acid groups (broad SMARTS) is 2. The van der Waals surface area contributed by atoms with Gasteiger partial charge in [0.05, 0.1) is 30.5 Å². The summed E-state index contributed by atoms with van der Waals surface area (Å²) in [6.07, 6.45) is 3.11. The SMILES string of the molecule is COc1ccccc1-c1ccc(C(=O)N2[C@@H](C(=O)O)CC[C@H]2c2ccccc2Cl)cc1.O=C(O)[C@@H]1CC[C@H](c2ccccc2Cl)N1C(=O)c1ccc(-c2ccccc2F)nc1. The normalized spacial score (nSPS) is 18.2. The van der Waals surface area contributed by atoms with Gasteiger partial charge in [-0.25, -0.2) is 14.0 Å². The zero-order chi connectivity index (χ0) is 43.2. The number of likely N-dealkylation sites (tertiary alicyclic amines) is 2. The fraction of sp³-hybridized carbons (Fsp3) is 0.188. The standard InChI is InChI=1S/C25H22ClNO4.C23H18ClFN2O3/c1-31-23-9-5-3-6-18(23)16-10-12-17(13-11-16)24(28)27-21(14-15-22(27)25(29)30)19-7-2-4-8-20(19)26;24-17-7-3-1-5-15(17)20-11-12-21(23(29)30)27(20)22(28)14-9-10-19(26-13-14)16-6-2-4-8-18(16)25/h2-13,21-22H,14-15H2,1H3,(H,29,30);1-10,13,20-21H,11-12H2,(H,29,30)/t21-,22+;20-,21+/m01/s1. The molecule has 2 fully saturated rings. The molecule has 2 amide bonds. The Hall–Kier alpha value is -6.56. The molecule has 2 saturated heterocycles. The topological polar surface area (TPSA) is 137 Å². The second kappa shape index (κ2) is 18.8. The molecule has 0 radical (unpaired) electrons. The number of carbonyl (C=O) groups is 4. The van der Waals surface area contributed by atoms with Crippen molar-refractivity contribution in [1.82, 2.24) is 14.8 Å². The lowest BCUT2D eigenvalue weighted by Gasteiger charge is -2.29. The summed E-state index contributed by atoms with van der Waals surface area (Å²) in [6, 6.07) is 35.9. The maximum Gasteiger partial charge on any atom is 0.326 e. The van der Waals surface area contributed by atoms with Gasteiger partial charge in [0.15, 0.2) is 0 Å². The van der Waals surface area contributed by atoms with E-state index in [1.54, 1.807) is 67.8 Å². The molecule has 1 aromatic heterocycles. The van der Waals surface area contributed by atoms with Gasteiger partial charge in [0.2, 0.25) is 0 Å². The molecule has 0 aliphatic carbocycles. The van der Waals surface area contributed by atoms with E-state index in [1.807, 2.05) is 60.7 Å². The van der Waals surface area contributed by atoms with Crippen LogP contribution in [0.1, 0.15) is 69.6 Å². The van der Waals surface area contributed by atoms with Gasteiger partial charge in [-0.1, -0.05) is 102 Å². The van der Waals surface area contributed by atoms with Crippen LogP contribution < -0.4 is 4.74 Å². The first-order chi connectivity index (χ1) is 29.5. The molecule has 0 bridgehead atoms. The van der Waals surface area contributed by atoms with E-state index in [1.165, 1.54) is 28.1 Å². The first-order valence-corrected chi connectivity index (χ1v) is 20.3. The molecule has 8 rings (SSSR count). The molecule has 310 valence electrons. The number of hydrogen-bond donors (Lipinski definition) is 2. The van der Waals surface area contributed by atoms with Gasteiger partial charge >= 0.3 is 11.9 Å². The van der Waals surface area contributed by atoms with E-state index in [0.717, 1.165) is 22.4 Å². The van der Waals surface area contributed by atoms with E-state index in [-0.39, 0.29) is 17.5 Å². The molecule has 2 aliphatic heterocycles. The first kappa shape index (κ1) is 42.6. The smallest absolute Gasteiger partial charge is 0.326 e. The maximum atomic E-state index is 14.0. The molecule has 0 saturated carbocycles. The Morgan fingerprint density at radius 1 is 0.607 bits per heavy atom. The van der Waals surface area contributed by atoms with Crippen LogP contribution >= 0.6 is 23.2 Å². The summed E-state index contributed by atoms with van der Waals surface area (Å²) in [7, 11) is 1.62. The van der Waals surface area contributed by atoms with Crippen LogP contribution in [0.3, 0.4) is 0 Å². The highest BCUT2D eigenvalue weighted by Crippen LogP contribution is 2.42. The third-order valence-corrected chi connectivity index (χ3v) is 11.7. The number of methoxy groups -OCH3 is 1. The number of aliphatic carboxylic acids is 2. The number of amides is 2. The quantitative estimate of drug-likeness (QED) is 0.147. The van der Waals surface area contributed by atoms with E-state index < -0.39 is 41.8 Å². The molecule has 0 spiro atoms. The zero-order valence-corrected chi connectivity index (χ0v) is 34.3. The minimum Gasteiger partial charge on any atom is -0.496 e. The van der Waals surface area contributed by atoms with E-state index in [4.69, 9.17) is 27.9 Å². The van der Waals surface area contributed by atoms with Crippen LogP contribution in [-0.2, 0) is 9.59 Å². The van der Waals surface area contributed by atoms with Crippen LogP contribution in [0.5, 0.6) is 5.75 Å². The number of carbonyl (C=O) groups excluding carboxylic acids is 2. The van der Waals surface area contributed by atoms with Crippen molar-refractivity contribution in [3.63, 3.8) is 0 Å². The molecule has 3 heterocycles. The van der Waals surface area contributed by atoms with E-state index in [2.05, 4.69) is 4.98 Å². The molecular weight excluding hydrogens is 820 g/mol. The highest BCUT2D eigenvalue weighted by molar-refractivity contribution is 6.31. The predicted molar refractivity (Wildman–Crippen MR) is 230 cm³/mol. The average molecular weight is 861 g/mol. The minimum atomic E-state index is -1.06. The van der Waals surface area contributed by atoms with E-state index >= 15 is 0 Å². The Morgan fingerprint density at radius 2 is 1.08 bits per heavy atom. The van der Waals surface area contributed by atoms with Crippen LogP contribution in [0.15, 0.2) is 140 Å². The molecule has 0 unspecified atom stereocenters. The Kier molecular flexibility index (Phi) is 13.1. The van der Waals surface area contributed by atoms with Gasteiger partial charge < -0.3 is 24.7 Å². The zero-order valence-electron chi connectivity index (χ0n) is 32.8. The van der Waals surface area contributed by atoms with Crippen LogP contribution in [0.2, 0.25) is 10.0 Å². The first-order valence-electron chi connectivity index (χ1n) is 19.5. The lowest BCUT2D eigenvalue weighted by molar-refractivity contribution is -0.142. The summed E-state index contributed by atoms with van der Waals surface area (Å²) in [5.74, 6) is -2.50. The summed E-state index contributed by atoms with van der Waals surface area (Å²) < 4.78 is 19.4. The van der Waals surface area contributed by atoms with Gasteiger partial charge in [-0.2, -0.15) is 0 Å². The number of aromatic nitrogens is 1. The molecule has 2 N–H and O–H groups in total. The molecule has 4 atom stereocenters. The van der Waals surface area contributed by atoms with Crippen LogP contribution in [0, 0.1) is 5.82 Å². The predicted octanol–water partition coefficient (Wildman–Crippen LogP) is 10.4. The van der Waals surface area contributed by atoms with Gasteiger partial charge in [0.25, 0.3) is 11.8 Å². The lowest BCUT2D eigenvalue weighted by atomic mass is 10.0. The highest BCUT2D eigenvalue weighted by Gasteiger charge is 2.44. The monoisotopic (exact) mass is 859 g/mol. The van der Waals surface area contributed by atoms with E-state index in [9.17, 15) is 33.8 Å². The molecular formula is C48H40Cl2FN3O7.